The first-order chi connectivity index (χ1) is 10.0. The van der Waals surface area contributed by atoms with Gasteiger partial charge in [-0.05, 0) is 37.5 Å². The van der Waals surface area contributed by atoms with E-state index in [0.29, 0.717) is 18.2 Å². The third-order valence-electron chi connectivity index (χ3n) is 3.45. The van der Waals surface area contributed by atoms with E-state index in [1.807, 2.05) is 38.2 Å². The van der Waals surface area contributed by atoms with Crippen LogP contribution in [0, 0.1) is 6.92 Å². The van der Waals surface area contributed by atoms with Crippen LogP contribution < -0.4 is 10.5 Å². The molecule has 0 radical (unpaired) electrons. The van der Waals surface area contributed by atoms with Crippen molar-refractivity contribution in [1.29, 1.82) is 0 Å². The molecule has 0 aliphatic rings. The number of ether oxygens (including phenoxy) is 1. The Morgan fingerprint density at radius 3 is 2.81 bits per heavy atom. The van der Waals surface area contributed by atoms with Crippen molar-refractivity contribution < 1.29 is 4.74 Å². The fraction of sp³-hybridized carbons (Fsp3) is 0.438. The van der Waals surface area contributed by atoms with Gasteiger partial charge in [0.2, 0.25) is 0 Å². The topological polar surface area (TPSA) is 53.1 Å². The molecule has 2 N–H and O–H groups in total. The van der Waals surface area contributed by atoms with E-state index in [2.05, 4.69) is 12.0 Å². The van der Waals surface area contributed by atoms with Crippen molar-refractivity contribution in [3.8, 4) is 5.75 Å². The van der Waals surface area contributed by atoms with Gasteiger partial charge in [0.25, 0.3) is 0 Å². The number of halogens is 1. The van der Waals surface area contributed by atoms with E-state index >= 15 is 0 Å². The van der Waals surface area contributed by atoms with E-state index in [-0.39, 0.29) is 6.04 Å². The summed E-state index contributed by atoms with van der Waals surface area (Å²) in [6, 6.07) is 7.81. The van der Waals surface area contributed by atoms with E-state index in [0.717, 1.165) is 29.0 Å². The molecule has 0 aliphatic heterocycles. The fourth-order valence-corrected chi connectivity index (χ4v) is 2.55. The molecule has 2 aromatic rings. The summed E-state index contributed by atoms with van der Waals surface area (Å²) in [4.78, 5) is 0. The number of nitrogens with zero attached hydrogens (tertiary/aromatic N) is 2. The molecule has 0 aliphatic carbocycles. The molecule has 0 amide bonds. The Bertz CT molecular complexity index is 610. The van der Waals surface area contributed by atoms with E-state index in [4.69, 9.17) is 22.1 Å². The molecular formula is C16H22ClN3O. The predicted octanol–water partition coefficient (Wildman–Crippen LogP) is 3.41. The summed E-state index contributed by atoms with van der Waals surface area (Å²) >= 11 is 6.27. The number of rotatable bonds is 6. The van der Waals surface area contributed by atoms with Crippen molar-refractivity contribution in [1.82, 2.24) is 9.78 Å². The first kappa shape index (κ1) is 15.9. The summed E-state index contributed by atoms with van der Waals surface area (Å²) in [6.45, 7) is 4.75. The van der Waals surface area contributed by atoms with Crippen LogP contribution in [0.5, 0.6) is 5.75 Å². The summed E-state index contributed by atoms with van der Waals surface area (Å²) in [7, 11) is 1.84. The first-order valence-electron chi connectivity index (χ1n) is 7.19. The molecule has 1 aromatic carbocycles. The van der Waals surface area contributed by atoms with Gasteiger partial charge in [0, 0.05) is 18.7 Å². The molecule has 1 atom stereocenters. The van der Waals surface area contributed by atoms with E-state index < -0.39 is 0 Å². The minimum atomic E-state index is -0.129. The maximum atomic E-state index is 6.32. The molecule has 1 heterocycles. The Kier molecular flexibility index (Phi) is 5.26. The summed E-state index contributed by atoms with van der Waals surface area (Å²) in [5.74, 6) is 0.860. The molecule has 5 heteroatoms. The minimum absolute atomic E-state index is 0.129. The normalized spacial score (nSPS) is 12.4. The Hall–Kier alpha value is -1.52. The van der Waals surface area contributed by atoms with Crippen molar-refractivity contribution in [3.63, 3.8) is 0 Å². The van der Waals surface area contributed by atoms with Crippen molar-refractivity contribution in [2.75, 3.05) is 6.61 Å². The molecule has 4 nitrogen and oxygen atoms in total. The van der Waals surface area contributed by atoms with Crippen molar-refractivity contribution in [2.24, 2.45) is 12.8 Å². The van der Waals surface area contributed by atoms with Crippen LogP contribution in [0.25, 0.3) is 0 Å². The van der Waals surface area contributed by atoms with Crippen LogP contribution in [0.1, 0.15) is 36.2 Å². The van der Waals surface area contributed by atoms with Crippen LogP contribution in [-0.2, 0) is 13.5 Å². The lowest BCUT2D eigenvalue weighted by Gasteiger charge is -2.14. The maximum Gasteiger partial charge on any atom is 0.130 e. The van der Waals surface area contributed by atoms with Crippen molar-refractivity contribution in [2.45, 2.75) is 32.7 Å². The lowest BCUT2D eigenvalue weighted by Crippen LogP contribution is -2.14. The van der Waals surface area contributed by atoms with E-state index in [1.54, 1.807) is 4.68 Å². The van der Waals surface area contributed by atoms with Gasteiger partial charge < -0.3 is 10.5 Å². The number of benzene rings is 1. The average Bonchev–Trinajstić information content (AvgIpc) is 2.72. The monoisotopic (exact) mass is 307 g/mol. The largest absolute Gasteiger partial charge is 0.494 e. The average molecular weight is 308 g/mol. The van der Waals surface area contributed by atoms with Gasteiger partial charge in [-0.2, -0.15) is 5.10 Å². The molecule has 2 rings (SSSR count). The molecule has 0 saturated carbocycles. The Labute approximate surface area is 130 Å². The van der Waals surface area contributed by atoms with E-state index in [1.165, 1.54) is 0 Å². The highest BCUT2D eigenvalue weighted by atomic mass is 35.5. The van der Waals surface area contributed by atoms with Gasteiger partial charge in [-0.15, -0.1) is 0 Å². The number of aryl methyl sites for hydroxylation is 2. The zero-order valence-corrected chi connectivity index (χ0v) is 13.5. The molecule has 0 saturated heterocycles. The highest BCUT2D eigenvalue weighted by Gasteiger charge is 2.16. The Balaban J connectivity index is 2.14. The summed E-state index contributed by atoms with van der Waals surface area (Å²) < 4.78 is 7.33. The molecule has 1 unspecified atom stereocenters. The summed E-state index contributed by atoms with van der Waals surface area (Å²) in [6.07, 6.45) is 1.65. The highest BCUT2D eigenvalue weighted by molar-refractivity contribution is 6.30. The van der Waals surface area contributed by atoms with Crippen LogP contribution in [-0.4, -0.2) is 16.4 Å². The standard InChI is InChI=1S/C16H22ClN3O/c1-4-8-21-13-7-5-6-12(9-13)15(18)10-14-11(2)19-20(3)16(14)17/h5-7,9,15H,4,8,10,18H2,1-3H3. The van der Waals surface area contributed by atoms with Crippen LogP contribution in [0.3, 0.4) is 0 Å². The van der Waals surface area contributed by atoms with Crippen LogP contribution in [0.15, 0.2) is 24.3 Å². The number of nitrogens with two attached hydrogens (primary N) is 1. The second-order valence-electron chi connectivity index (χ2n) is 5.21. The van der Waals surface area contributed by atoms with Gasteiger partial charge in [-0.1, -0.05) is 30.7 Å². The molecule has 1 aromatic heterocycles. The van der Waals surface area contributed by atoms with Gasteiger partial charge in [0.05, 0.1) is 12.3 Å². The van der Waals surface area contributed by atoms with E-state index in [9.17, 15) is 0 Å². The quantitative estimate of drug-likeness (QED) is 0.889. The predicted molar refractivity (Wildman–Crippen MR) is 85.8 cm³/mol. The molecule has 114 valence electrons. The lowest BCUT2D eigenvalue weighted by molar-refractivity contribution is 0.317. The zero-order chi connectivity index (χ0) is 15.4. The third kappa shape index (κ3) is 3.77. The zero-order valence-electron chi connectivity index (χ0n) is 12.8. The molecule has 0 fully saturated rings. The molecular weight excluding hydrogens is 286 g/mol. The smallest absolute Gasteiger partial charge is 0.130 e. The lowest BCUT2D eigenvalue weighted by atomic mass is 10.00. The number of hydrogen-bond donors (Lipinski definition) is 1. The van der Waals surface area contributed by atoms with Crippen molar-refractivity contribution >= 4 is 11.6 Å². The Morgan fingerprint density at radius 2 is 2.19 bits per heavy atom. The highest BCUT2D eigenvalue weighted by Crippen LogP contribution is 2.26. The SMILES string of the molecule is CCCOc1cccc(C(N)Cc2c(C)nn(C)c2Cl)c1. The van der Waals surface area contributed by atoms with Crippen LogP contribution in [0.2, 0.25) is 5.15 Å². The number of aromatic nitrogens is 2. The number of hydrogen-bond acceptors (Lipinski definition) is 3. The molecule has 0 bridgehead atoms. The second-order valence-corrected chi connectivity index (χ2v) is 5.57. The van der Waals surface area contributed by atoms with Crippen molar-refractivity contribution in [3.05, 3.63) is 46.2 Å². The Morgan fingerprint density at radius 1 is 1.43 bits per heavy atom. The maximum absolute atomic E-state index is 6.32. The third-order valence-corrected chi connectivity index (χ3v) is 3.93. The van der Waals surface area contributed by atoms with Crippen LogP contribution in [0.4, 0.5) is 0 Å². The first-order valence-corrected chi connectivity index (χ1v) is 7.57. The van der Waals surface area contributed by atoms with Gasteiger partial charge in [-0.3, -0.25) is 4.68 Å². The van der Waals surface area contributed by atoms with Crippen LogP contribution >= 0.6 is 11.6 Å². The minimum Gasteiger partial charge on any atom is -0.494 e. The van der Waals surface area contributed by atoms with Gasteiger partial charge in [0.15, 0.2) is 0 Å². The second kappa shape index (κ2) is 6.96. The molecule has 21 heavy (non-hydrogen) atoms. The summed E-state index contributed by atoms with van der Waals surface area (Å²) in [5.41, 5.74) is 9.30. The fourth-order valence-electron chi connectivity index (χ4n) is 2.30. The van der Waals surface area contributed by atoms with Gasteiger partial charge in [-0.25, -0.2) is 0 Å². The van der Waals surface area contributed by atoms with Gasteiger partial charge in [0.1, 0.15) is 10.9 Å². The van der Waals surface area contributed by atoms with Gasteiger partial charge >= 0.3 is 0 Å². The molecule has 0 spiro atoms. The summed E-state index contributed by atoms with van der Waals surface area (Å²) in [5, 5.41) is 4.97.